The Kier molecular flexibility index (Phi) is 6.84. The zero-order chi connectivity index (χ0) is 14.3. The molecule has 19 heavy (non-hydrogen) atoms. The van der Waals surface area contributed by atoms with Crippen molar-refractivity contribution in [2.75, 3.05) is 13.7 Å². The maximum absolute atomic E-state index is 6.09. The molecule has 0 aromatic heterocycles. The van der Waals surface area contributed by atoms with E-state index in [2.05, 4.69) is 38.2 Å². The molecule has 0 saturated carbocycles. The molecule has 2 nitrogen and oxygen atoms in total. The maximum Gasteiger partial charge on any atom is 0.0832 e. The summed E-state index contributed by atoms with van der Waals surface area (Å²) in [6, 6.07) is 8.39. The average molecular weight is 284 g/mol. The fraction of sp³-hybridized carbons (Fsp3) is 0.625. The van der Waals surface area contributed by atoms with Crippen LogP contribution in [0.1, 0.15) is 39.2 Å². The second-order valence-corrected chi connectivity index (χ2v) is 5.31. The SMILES string of the molecule is CCOC(CC)(CC)C(Cc1ccc(Cl)cc1)NC. The van der Waals surface area contributed by atoms with Crippen molar-refractivity contribution in [1.29, 1.82) is 0 Å². The highest BCUT2D eigenvalue weighted by atomic mass is 35.5. The first-order valence-corrected chi connectivity index (χ1v) is 7.55. The van der Waals surface area contributed by atoms with Crippen LogP contribution in [-0.2, 0) is 11.2 Å². The molecule has 1 aromatic rings. The predicted molar refractivity (Wildman–Crippen MR) is 82.9 cm³/mol. The lowest BCUT2D eigenvalue weighted by Crippen LogP contribution is -2.52. The van der Waals surface area contributed by atoms with Crippen molar-refractivity contribution in [2.45, 2.75) is 51.7 Å². The van der Waals surface area contributed by atoms with E-state index in [1.807, 2.05) is 19.2 Å². The van der Waals surface area contributed by atoms with Crippen molar-refractivity contribution in [3.05, 3.63) is 34.9 Å². The lowest BCUT2D eigenvalue weighted by Gasteiger charge is -2.39. The minimum atomic E-state index is -0.0941. The number of hydrogen-bond donors (Lipinski definition) is 1. The summed E-state index contributed by atoms with van der Waals surface area (Å²) in [5.41, 5.74) is 1.19. The molecular weight excluding hydrogens is 258 g/mol. The van der Waals surface area contributed by atoms with Gasteiger partial charge in [-0.3, -0.25) is 0 Å². The van der Waals surface area contributed by atoms with Crippen LogP contribution in [0.15, 0.2) is 24.3 Å². The molecule has 1 unspecified atom stereocenters. The lowest BCUT2D eigenvalue weighted by atomic mass is 9.84. The van der Waals surface area contributed by atoms with Gasteiger partial charge in [0.2, 0.25) is 0 Å². The highest BCUT2D eigenvalue weighted by molar-refractivity contribution is 6.30. The van der Waals surface area contributed by atoms with Gasteiger partial charge in [-0.05, 0) is 50.9 Å². The molecule has 0 aliphatic rings. The Morgan fingerprint density at radius 2 is 1.74 bits per heavy atom. The molecule has 108 valence electrons. The molecule has 0 aliphatic heterocycles. The maximum atomic E-state index is 6.09. The van der Waals surface area contributed by atoms with E-state index in [1.54, 1.807) is 0 Å². The molecule has 1 aromatic carbocycles. The summed E-state index contributed by atoms with van der Waals surface area (Å²) >= 11 is 5.94. The van der Waals surface area contributed by atoms with E-state index in [1.165, 1.54) is 5.56 Å². The minimum Gasteiger partial charge on any atom is -0.374 e. The van der Waals surface area contributed by atoms with E-state index in [9.17, 15) is 0 Å². The number of nitrogens with one attached hydrogen (secondary N) is 1. The Labute approximate surface area is 122 Å². The molecule has 0 radical (unpaired) electrons. The topological polar surface area (TPSA) is 21.3 Å². The highest BCUT2D eigenvalue weighted by Gasteiger charge is 2.35. The van der Waals surface area contributed by atoms with Crippen LogP contribution in [0.3, 0.4) is 0 Å². The third-order valence-corrected chi connectivity index (χ3v) is 4.22. The third-order valence-electron chi connectivity index (χ3n) is 3.97. The first kappa shape index (κ1) is 16.5. The first-order chi connectivity index (χ1) is 9.11. The quantitative estimate of drug-likeness (QED) is 0.777. The summed E-state index contributed by atoms with van der Waals surface area (Å²) in [5, 5.41) is 4.22. The fourth-order valence-electron chi connectivity index (χ4n) is 2.74. The van der Waals surface area contributed by atoms with Gasteiger partial charge in [0.25, 0.3) is 0 Å². The summed E-state index contributed by atoms with van der Waals surface area (Å²) < 4.78 is 6.09. The molecule has 0 heterocycles. The Morgan fingerprint density at radius 1 is 1.16 bits per heavy atom. The number of ether oxygens (including phenoxy) is 1. The Bertz CT molecular complexity index is 360. The largest absolute Gasteiger partial charge is 0.374 e. The zero-order valence-corrected chi connectivity index (χ0v) is 13.3. The van der Waals surface area contributed by atoms with Gasteiger partial charge in [-0.1, -0.05) is 37.6 Å². The van der Waals surface area contributed by atoms with Crippen LogP contribution in [0.25, 0.3) is 0 Å². The molecule has 1 atom stereocenters. The smallest absolute Gasteiger partial charge is 0.0832 e. The molecule has 1 N–H and O–H groups in total. The Hall–Kier alpha value is -0.570. The van der Waals surface area contributed by atoms with Crippen molar-refractivity contribution < 1.29 is 4.74 Å². The first-order valence-electron chi connectivity index (χ1n) is 7.17. The van der Waals surface area contributed by atoms with Gasteiger partial charge in [0.05, 0.1) is 5.60 Å². The van der Waals surface area contributed by atoms with Gasteiger partial charge in [-0.25, -0.2) is 0 Å². The van der Waals surface area contributed by atoms with Crippen molar-refractivity contribution in [3.8, 4) is 0 Å². The molecular formula is C16H26ClNO. The molecule has 0 spiro atoms. The molecule has 0 bridgehead atoms. The molecule has 3 heteroatoms. The Balaban J connectivity index is 2.88. The zero-order valence-electron chi connectivity index (χ0n) is 12.5. The second kappa shape index (κ2) is 7.88. The van der Waals surface area contributed by atoms with E-state index in [-0.39, 0.29) is 5.60 Å². The van der Waals surface area contributed by atoms with Crippen molar-refractivity contribution in [1.82, 2.24) is 5.32 Å². The van der Waals surface area contributed by atoms with Crippen LogP contribution in [0.2, 0.25) is 5.02 Å². The number of halogens is 1. The highest BCUT2D eigenvalue weighted by Crippen LogP contribution is 2.27. The molecule has 0 saturated heterocycles. The summed E-state index contributed by atoms with van der Waals surface area (Å²) in [6.07, 6.45) is 2.97. The van der Waals surface area contributed by atoms with Crippen LogP contribution in [0, 0.1) is 0 Å². The van der Waals surface area contributed by atoms with E-state index in [0.717, 1.165) is 30.9 Å². The van der Waals surface area contributed by atoms with Crippen LogP contribution in [-0.4, -0.2) is 25.3 Å². The molecule has 1 rings (SSSR count). The van der Waals surface area contributed by atoms with Gasteiger partial charge in [0.1, 0.15) is 0 Å². The number of hydrogen-bond acceptors (Lipinski definition) is 2. The molecule has 0 fully saturated rings. The van der Waals surface area contributed by atoms with Gasteiger partial charge in [0, 0.05) is 17.7 Å². The van der Waals surface area contributed by atoms with Gasteiger partial charge in [-0.15, -0.1) is 0 Å². The summed E-state index contributed by atoms with van der Waals surface area (Å²) in [6.45, 7) is 7.21. The van der Waals surface area contributed by atoms with Crippen LogP contribution >= 0.6 is 11.6 Å². The van der Waals surface area contributed by atoms with Crippen LogP contribution in [0.5, 0.6) is 0 Å². The van der Waals surface area contributed by atoms with Crippen LogP contribution < -0.4 is 5.32 Å². The van der Waals surface area contributed by atoms with E-state index in [4.69, 9.17) is 16.3 Å². The fourth-order valence-corrected chi connectivity index (χ4v) is 2.87. The normalized spacial score (nSPS) is 13.5. The predicted octanol–water partition coefficient (Wildman–Crippen LogP) is 4.07. The van der Waals surface area contributed by atoms with Gasteiger partial charge in [0.15, 0.2) is 0 Å². The van der Waals surface area contributed by atoms with Crippen LogP contribution in [0.4, 0.5) is 0 Å². The average Bonchev–Trinajstić information content (AvgIpc) is 2.44. The monoisotopic (exact) mass is 283 g/mol. The van der Waals surface area contributed by atoms with E-state index < -0.39 is 0 Å². The lowest BCUT2D eigenvalue weighted by molar-refractivity contribution is -0.0703. The van der Waals surface area contributed by atoms with Gasteiger partial charge >= 0.3 is 0 Å². The summed E-state index contributed by atoms with van der Waals surface area (Å²) in [7, 11) is 2.01. The van der Waals surface area contributed by atoms with Crippen molar-refractivity contribution in [3.63, 3.8) is 0 Å². The Morgan fingerprint density at radius 3 is 2.16 bits per heavy atom. The number of benzene rings is 1. The van der Waals surface area contributed by atoms with E-state index in [0.29, 0.717) is 6.04 Å². The van der Waals surface area contributed by atoms with Gasteiger partial charge < -0.3 is 10.1 Å². The standard InChI is InChI=1S/C16H26ClNO/c1-5-16(6-2,19-7-3)15(18-4)12-13-8-10-14(17)11-9-13/h8-11,15,18H,5-7,12H2,1-4H3. The third kappa shape index (κ3) is 4.20. The summed E-state index contributed by atoms with van der Waals surface area (Å²) in [5.74, 6) is 0. The second-order valence-electron chi connectivity index (χ2n) is 4.88. The van der Waals surface area contributed by atoms with Crippen molar-refractivity contribution >= 4 is 11.6 Å². The van der Waals surface area contributed by atoms with Crippen molar-refractivity contribution in [2.24, 2.45) is 0 Å². The molecule has 0 amide bonds. The summed E-state index contributed by atoms with van der Waals surface area (Å²) in [4.78, 5) is 0. The molecule has 0 aliphatic carbocycles. The number of likely N-dealkylation sites (N-methyl/N-ethyl adjacent to an activating group) is 1. The number of rotatable bonds is 8. The minimum absolute atomic E-state index is 0.0941. The van der Waals surface area contributed by atoms with Gasteiger partial charge in [-0.2, -0.15) is 0 Å². The van der Waals surface area contributed by atoms with E-state index >= 15 is 0 Å².